The summed E-state index contributed by atoms with van der Waals surface area (Å²) in [4.78, 5) is 44.8. The molecular formula is C20H19N3O5S2. The monoisotopic (exact) mass is 445 g/mol. The molecule has 4 heterocycles. The van der Waals surface area contributed by atoms with E-state index < -0.39 is 28.2 Å². The van der Waals surface area contributed by atoms with Crippen LogP contribution in [-0.2, 0) is 25.5 Å². The van der Waals surface area contributed by atoms with Crippen molar-refractivity contribution < 1.29 is 24.2 Å². The Morgan fingerprint density at radius 1 is 1.33 bits per heavy atom. The summed E-state index contributed by atoms with van der Waals surface area (Å²) in [5, 5.41) is 10.6. The van der Waals surface area contributed by atoms with Crippen molar-refractivity contribution in [2.75, 3.05) is 12.0 Å². The number of hydrogen-bond donors (Lipinski definition) is 1. The first-order chi connectivity index (χ1) is 14.4. The molecular weight excluding hydrogens is 426 g/mol. The number of thiophene rings is 1. The summed E-state index contributed by atoms with van der Waals surface area (Å²) >= 11 is 2.40. The van der Waals surface area contributed by atoms with Crippen LogP contribution in [0.3, 0.4) is 0 Å². The van der Waals surface area contributed by atoms with Gasteiger partial charge >= 0.3 is 5.97 Å². The number of nitrogens with zero attached hydrogens (tertiary/aromatic N) is 3. The third-order valence-electron chi connectivity index (χ3n) is 5.06. The van der Waals surface area contributed by atoms with E-state index in [4.69, 9.17) is 4.74 Å². The molecule has 2 unspecified atom stereocenters. The van der Waals surface area contributed by atoms with E-state index in [1.54, 1.807) is 36.0 Å². The fourth-order valence-corrected chi connectivity index (χ4v) is 6.06. The van der Waals surface area contributed by atoms with E-state index in [1.165, 1.54) is 35.2 Å². The van der Waals surface area contributed by atoms with Crippen LogP contribution >= 0.6 is 23.1 Å². The number of rotatable bonds is 6. The van der Waals surface area contributed by atoms with Gasteiger partial charge in [0, 0.05) is 38.5 Å². The SMILES string of the molecule is COC1(N(C(C)=O)c2cccs2)C(=O)N2C=C(Cc3ccccn3)C(C(=O)O)S[C@@H]21. The predicted octanol–water partition coefficient (Wildman–Crippen LogP) is 2.33. The highest BCUT2D eigenvalue weighted by Gasteiger charge is 2.68. The predicted molar refractivity (Wildman–Crippen MR) is 113 cm³/mol. The molecule has 1 N–H and O–H groups in total. The lowest BCUT2D eigenvalue weighted by atomic mass is 9.97. The molecule has 0 aromatic carbocycles. The number of fused-ring (bicyclic) bond motifs is 1. The van der Waals surface area contributed by atoms with Crippen molar-refractivity contribution in [2.24, 2.45) is 0 Å². The molecule has 0 spiro atoms. The van der Waals surface area contributed by atoms with Crippen molar-refractivity contribution in [3.63, 3.8) is 0 Å². The Hall–Kier alpha value is -2.69. The first-order valence-corrected chi connectivity index (χ1v) is 10.9. The maximum absolute atomic E-state index is 13.3. The third kappa shape index (κ3) is 3.11. The minimum absolute atomic E-state index is 0.308. The molecule has 2 aromatic heterocycles. The van der Waals surface area contributed by atoms with Crippen LogP contribution < -0.4 is 4.90 Å². The number of aliphatic carboxylic acids is 1. The van der Waals surface area contributed by atoms with Gasteiger partial charge < -0.3 is 9.84 Å². The average Bonchev–Trinajstić information content (AvgIpc) is 3.25. The number of hydrogen-bond acceptors (Lipinski definition) is 7. The molecule has 0 bridgehead atoms. The lowest BCUT2D eigenvalue weighted by Gasteiger charge is -2.58. The van der Waals surface area contributed by atoms with Crippen molar-refractivity contribution in [2.45, 2.75) is 29.7 Å². The van der Waals surface area contributed by atoms with Crippen LogP contribution in [0.4, 0.5) is 5.00 Å². The number of amides is 2. The third-order valence-corrected chi connectivity index (χ3v) is 7.49. The van der Waals surface area contributed by atoms with Crippen LogP contribution in [0.15, 0.2) is 53.7 Å². The second kappa shape index (κ2) is 7.86. The lowest BCUT2D eigenvalue weighted by Crippen LogP contribution is -2.80. The highest BCUT2D eigenvalue weighted by molar-refractivity contribution is 8.01. The van der Waals surface area contributed by atoms with Gasteiger partial charge in [0.25, 0.3) is 11.6 Å². The summed E-state index contributed by atoms with van der Waals surface area (Å²) < 4.78 is 5.65. The molecule has 0 radical (unpaired) electrons. The topological polar surface area (TPSA) is 100 Å². The number of carbonyl (C=O) groups is 3. The number of carbonyl (C=O) groups excluding carboxylic acids is 2. The van der Waals surface area contributed by atoms with E-state index in [0.29, 0.717) is 22.7 Å². The number of carboxylic acids is 1. The van der Waals surface area contributed by atoms with Gasteiger partial charge in [-0.15, -0.1) is 23.1 Å². The summed E-state index contributed by atoms with van der Waals surface area (Å²) in [7, 11) is 1.36. The number of ether oxygens (including phenoxy) is 1. The molecule has 10 heteroatoms. The molecule has 1 fully saturated rings. The zero-order valence-corrected chi connectivity index (χ0v) is 17.9. The minimum Gasteiger partial charge on any atom is -0.480 e. The normalized spacial score (nSPS) is 25.2. The average molecular weight is 446 g/mol. The zero-order valence-electron chi connectivity index (χ0n) is 16.2. The van der Waals surface area contributed by atoms with E-state index in [1.807, 2.05) is 12.1 Å². The minimum atomic E-state index is -1.60. The van der Waals surface area contributed by atoms with Gasteiger partial charge in [-0.05, 0) is 35.2 Å². The van der Waals surface area contributed by atoms with Crippen LogP contribution in [0.1, 0.15) is 12.6 Å². The Kier molecular flexibility index (Phi) is 5.39. The maximum Gasteiger partial charge on any atom is 0.320 e. The summed E-state index contributed by atoms with van der Waals surface area (Å²) in [6, 6.07) is 8.92. The fourth-order valence-electron chi connectivity index (χ4n) is 3.77. The number of anilines is 1. The van der Waals surface area contributed by atoms with Gasteiger partial charge in [-0.1, -0.05) is 6.07 Å². The quantitative estimate of drug-likeness (QED) is 0.538. The Morgan fingerprint density at radius 2 is 2.13 bits per heavy atom. The molecule has 2 aliphatic rings. The Morgan fingerprint density at radius 3 is 2.70 bits per heavy atom. The molecule has 8 nitrogen and oxygen atoms in total. The smallest absolute Gasteiger partial charge is 0.320 e. The van der Waals surface area contributed by atoms with Crippen molar-refractivity contribution in [3.8, 4) is 0 Å². The first-order valence-electron chi connectivity index (χ1n) is 9.11. The molecule has 30 heavy (non-hydrogen) atoms. The van der Waals surface area contributed by atoms with E-state index in [9.17, 15) is 19.5 Å². The standard InChI is InChI=1S/C20H19N3O5S2/c1-12(24)23(15-7-5-9-29-15)20(28-2)18(27)22-11-13(10-14-6-3-4-8-21-14)16(17(25)26)30-19(20)22/h3-9,11,16,19H,10H2,1-2H3,(H,25,26)/t16?,19-,20?/m1/s1. The van der Waals surface area contributed by atoms with Crippen LogP contribution in [0.5, 0.6) is 0 Å². The summed E-state index contributed by atoms with van der Waals surface area (Å²) in [5.41, 5.74) is -0.322. The molecule has 156 valence electrons. The maximum atomic E-state index is 13.3. The van der Waals surface area contributed by atoms with Crippen LogP contribution in [0.25, 0.3) is 0 Å². The number of β-lactam (4-membered cyclic amide) rings is 1. The number of pyridine rings is 1. The summed E-state index contributed by atoms with van der Waals surface area (Å²) in [6.07, 6.45) is 3.52. The molecule has 4 rings (SSSR count). The summed E-state index contributed by atoms with van der Waals surface area (Å²) in [5.74, 6) is -1.78. The van der Waals surface area contributed by atoms with Gasteiger partial charge in [0.2, 0.25) is 5.91 Å². The number of carboxylic acid groups (broad SMARTS) is 1. The van der Waals surface area contributed by atoms with Gasteiger partial charge in [0.15, 0.2) is 0 Å². The summed E-state index contributed by atoms with van der Waals surface area (Å²) in [6.45, 7) is 1.36. The zero-order chi connectivity index (χ0) is 21.5. The van der Waals surface area contributed by atoms with Crippen LogP contribution in [0.2, 0.25) is 0 Å². The van der Waals surface area contributed by atoms with Crippen molar-refractivity contribution in [1.82, 2.24) is 9.88 Å². The first kappa shape index (κ1) is 20.6. The lowest BCUT2D eigenvalue weighted by molar-refractivity contribution is -0.182. The Balaban J connectivity index is 1.72. The molecule has 3 atom stereocenters. The fraction of sp³-hybridized carbons (Fsp3) is 0.300. The van der Waals surface area contributed by atoms with Gasteiger partial charge in [-0.2, -0.15) is 0 Å². The highest BCUT2D eigenvalue weighted by atomic mass is 32.2. The molecule has 0 aliphatic carbocycles. The number of methoxy groups -OCH3 is 1. The van der Waals surface area contributed by atoms with Gasteiger partial charge in [-0.25, -0.2) is 0 Å². The largest absolute Gasteiger partial charge is 0.480 e. The van der Waals surface area contributed by atoms with Gasteiger partial charge in [-0.3, -0.25) is 29.2 Å². The van der Waals surface area contributed by atoms with Crippen molar-refractivity contribution in [3.05, 3.63) is 59.4 Å². The van der Waals surface area contributed by atoms with Crippen LogP contribution in [-0.4, -0.2) is 56.2 Å². The van der Waals surface area contributed by atoms with Crippen molar-refractivity contribution in [1.29, 1.82) is 0 Å². The van der Waals surface area contributed by atoms with Gasteiger partial charge in [0.05, 0.1) is 0 Å². The molecule has 2 aliphatic heterocycles. The molecule has 0 saturated carbocycles. The van der Waals surface area contributed by atoms with Crippen LogP contribution in [0, 0.1) is 0 Å². The van der Waals surface area contributed by atoms with E-state index in [-0.39, 0.29) is 5.91 Å². The molecule has 1 saturated heterocycles. The Labute approximate surface area is 181 Å². The second-order valence-electron chi connectivity index (χ2n) is 6.83. The molecule has 2 aromatic rings. The van der Waals surface area contributed by atoms with Gasteiger partial charge in [0.1, 0.15) is 15.6 Å². The number of thioether (sulfide) groups is 1. The Bertz CT molecular complexity index is 1010. The van der Waals surface area contributed by atoms with E-state index >= 15 is 0 Å². The van der Waals surface area contributed by atoms with E-state index in [2.05, 4.69) is 4.98 Å². The highest BCUT2D eigenvalue weighted by Crippen LogP contribution is 2.51. The molecule has 2 amide bonds. The second-order valence-corrected chi connectivity index (χ2v) is 8.94. The van der Waals surface area contributed by atoms with Crippen molar-refractivity contribution >= 4 is 45.9 Å². The number of aromatic nitrogens is 1. The van der Waals surface area contributed by atoms with E-state index in [0.717, 1.165) is 11.8 Å².